The van der Waals surface area contributed by atoms with Crippen LogP contribution in [-0.2, 0) is 9.84 Å². The minimum Gasteiger partial charge on any atom is -0.399 e. The maximum atomic E-state index is 11.8. The van der Waals surface area contributed by atoms with E-state index in [1.54, 1.807) is 18.2 Å². The SMILES string of the molecule is CN1CCN(c2ccc(N)cc2S(C)(=O)=O)CC1. The monoisotopic (exact) mass is 269 g/mol. The molecule has 0 aliphatic carbocycles. The van der Waals surface area contributed by atoms with E-state index in [-0.39, 0.29) is 0 Å². The Labute approximate surface area is 108 Å². The van der Waals surface area contributed by atoms with Crippen molar-refractivity contribution in [2.45, 2.75) is 4.90 Å². The number of nitrogens with zero attached hydrogens (tertiary/aromatic N) is 2. The normalized spacial score (nSPS) is 18.0. The van der Waals surface area contributed by atoms with Crippen molar-refractivity contribution < 1.29 is 8.42 Å². The van der Waals surface area contributed by atoms with Crippen molar-refractivity contribution in [3.05, 3.63) is 18.2 Å². The predicted molar refractivity (Wildman–Crippen MR) is 73.7 cm³/mol. The third-order valence-corrected chi connectivity index (χ3v) is 4.35. The van der Waals surface area contributed by atoms with Crippen molar-refractivity contribution in [1.29, 1.82) is 0 Å². The van der Waals surface area contributed by atoms with Crippen LogP contribution in [0, 0.1) is 0 Å². The van der Waals surface area contributed by atoms with Crippen LogP contribution in [-0.4, -0.2) is 52.8 Å². The summed E-state index contributed by atoms with van der Waals surface area (Å²) in [6.07, 6.45) is 1.22. The van der Waals surface area contributed by atoms with Gasteiger partial charge < -0.3 is 15.5 Å². The van der Waals surface area contributed by atoms with Crippen LogP contribution < -0.4 is 10.6 Å². The zero-order valence-corrected chi connectivity index (χ0v) is 11.6. The summed E-state index contributed by atoms with van der Waals surface area (Å²) in [4.78, 5) is 4.66. The summed E-state index contributed by atoms with van der Waals surface area (Å²) in [5.74, 6) is 0. The standard InChI is InChI=1S/C12H19N3O2S/c1-14-5-7-15(8-6-14)11-4-3-10(13)9-12(11)18(2,16)17/h3-4,9H,5-8,13H2,1-2H3. The fourth-order valence-electron chi connectivity index (χ4n) is 2.14. The van der Waals surface area contributed by atoms with E-state index < -0.39 is 9.84 Å². The zero-order valence-electron chi connectivity index (χ0n) is 10.8. The smallest absolute Gasteiger partial charge is 0.177 e. The van der Waals surface area contributed by atoms with Gasteiger partial charge in [0.2, 0.25) is 0 Å². The fraction of sp³-hybridized carbons (Fsp3) is 0.500. The first kappa shape index (κ1) is 13.2. The lowest BCUT2D eigenvalue weighted by Gasteiger charge is -2.35. The molecule has 2 rings (SSSR count). The molecule has 5 nitrogen and oxygen atoms in total. The van der Waals surface area contributed by atoms with Crippen molar-refractivity contribution in [2.75, 3.05) is 50.1 Å². The van der Waals surface area contributed by atoms with Crippen LogP contribution in [0.25, 0.3) is 0 Å². The Kier molecular flexibility index (Phi) is 3.49. The molecule has 100 valence electrons. The van der Waals surface area contributed by atoms with Gasteiger partial charge in [-0.25, -0.2) is 8.42 Å². The first-order chi connectivity index (χ1) is 8.38. The molecule has 18 heavy (non-hydrogen) atoms. The molecule has 2 N–H and O–H groups in total. The average Bonchev–Trinajstić information content (AvgIpc) is 2.29. The first-order valence-electron chi connectivity index (χ1n) is 5.91. The molecule has 1 saturated heterocycles. The van der Waals surface area contributed by atoms with E-state index in [1.807, 2.05) is 0 Å². The van der Waals surface area contributed by atoms with Gasteiger partial charge in [0.25, 0.3) is 0 Å². The number of nitrogens with two attached hydrogens (primary N) is 1. The molecule has 6 heteroatoms. The summed E-state index contributed by atoms with van der Waals surface area (Å²) in [5.41, 5.74) is 6.93. The molecule has 0 saturated carbocycles. The lowest BCUT2D eigenvalue weighted by atomic mass is 10.2. The number of hydrogen-bond donors (Lipinski definition) is 1. The number of rotatable bonds is 2. The molecule has 1 heterocycles. The van der Waals surface area contributed by atoms with E-state index in [2.05, 4.69) is 16.8 Å². The number of anilines is 2. The van der Waals surface area contributed by atoms with Gasteiger partial charge >= 0.3 is 0 Å². The average molecular weight is 269 g/mol. The van der Waals surface area contributed by atoms with Gasteiger partial charge in [-0.2, -0.15) is 0 Å². The van der Waals surface area contributed by atoms with Crippen molar-refractivity contribution >= 4 is 21.2 Å². The third-order valence-electron chi connectivity index (χ3n) is 3.23. The van der Waals surface area contributed by atoms with Gasteiger partial charge in [-0.3, -0.25) is 0 Å². The molecule has 1 aliphatic heterocycles. The van der Waals surface area contributed by atoms with Gasteiger partial charge in [-0.15, -0.1) is 0 Å². The summed E-state index contributed by atoms with van der Waals surface area (Å²) >= 11 is 0. The highest BCUT2D eigenvalue weighted by molar-refractivity contribution is 7.90. The molecule has 0 amide bonds. The van der Waals surface area contributed by atoms with Crippen molar-refractivity contribution in [3.63, 3.8) is 0 Å². The summed E-state index contributed by atoms with van der Waals surface area (Å²) in [6, 6.07) is 5.10. The molecule has 1 aliphatic rings. The van der Waals surface area contributed by atoms with E-state index in [0.717, 1.165) is 31.9 Å². The number of piperazine rings is 1. The lowest BCUT2D eigenvalue weighted by Crippen LogP contribution is -2.44. The Bertz CT molecular complexity index is 534. The van der Waals surface area contributed by atoms with Gasteiger partial charge in [-0.05, 0) is 25.2 Å². The Morgan fingerprint density at radius 3 is 2.33 bits per heavy atom. The lowest BCUT2D eigenvalue weighted by molar-refractivity contribution is 0.312. The fourth-order valence-corrected chi connectivity index (χ4v) is 3.06. The third kappa shape index (κ3) is 2.76. The van der Waals surface area contributed by atoms with Crippen molar-refractivity contribution in [3.8, 4) is 0 Å². The molecule has 0 radical (unpaired) electrons. The Balaban J connectivity index is 2.39. The molecule has 0 unspecified atom stereocenters. The minimum absolute atomic E-state index is 0.326. The molecule has 0 atom stereocenters. The number of nitrogen functional groups attached to an aromatic ring is 1. The largest absolute Gasteiger partial charge is 0.399 e. The first-order valence-corrected chi connectivity index (χ1v) is 7.80. The maximum absolute atomic E-state index is 11.8. The van der Waals surface area contributed by atoms with Gasteiger partial charge in [0.05, 0.1) is 10.6 Å². The van der Waals surface area contributed by atoms with E-state index >= 15 is 0 Å². The van der Waals surface area contributed by atoms with E-state index in [1.165, 1.54) is 6.26 Å². The Morgan fingerprint density at radius 1 is 1.17 bits per heavy atom. The molecule has 0 aromatic heterocycles. The summed E-state index contributed by atoms with van der Waals surface area (Å²) in [7, 11) is -1.19. The molecular formula is C12H19N3O2S. The molecule has 1 aromatic rings. The van der Waals surface area contributed by atoms with Gasteiger partial charge in [0.1, 0.15) is 0 Å². The molecule has 0 spiro atoms. The second-order valence-corrected chi connectivity index (χ2v) is 6.77. The zero-order chi connectivity index (χ0) is 13.3. The highest BCUT2D eigenvalue weighted by Crippen LogP contribution is 2.28. The second kappa shape index (κ2) is 4.78. The number of benzene rings is 1. The number of likely N-dealkylation sites (N-methyl/N-ethyl adjacent to an activating group) is 1. The van der Waals surface area contributed by atoms with Crippen molar-refractivity contribution in [2.24, 2.45) is 0 Å². The van der Waals surface area contributed by atoms with Gasteiger partial charge in [0, 0.05) is 38.1 Å². The van der Waals surface area contributed by atoms with Crippen LogP contribution in [0.5, 0.6) is 0 Å². The van der Waals surface area contributed by atoms with E-state index in [9.17, 15) is 8.42 Å². The molecular weight excluding hydrogens is 250 g/mol. The molecule has 0 bridgehead atoms. The van der Waals surface area contributed by atoms with Crippen LogP contribution >= 0.6 is 0 Å². The summed E-state index contributed by atoms with van der Waals surface area (Å²) in [5, 5.41) is 0. The molecule has 1 fully saturated rings. The van der Waals surface area contributed by atoms with Crippen LogP contribution in [0.2, 0.25) is 0 Å². The van der Waals surface area contributed by atoms with E-state index in [0.29, 0.717) is 10.6 Å². The Hall–Kier alpha value is -1.27. The quantitative estimate of drug-likeness (QED) is 0.788. The van der Waals surface area contributed by atoms with Crippen LogP contribution in [0.15, 0.2) is 23.1 Å². The highest BCUT2D eigenvalue weighted by atomic mass is 32.2. The highest BCUT2D eigenvalue weighted by Gasteiger charge is 2.21. The number of sulfone groups is 1. The van der Waals surface area contributed by atoms with Crippen molar-refractivity contribution in [1.82, 2.24) is 4.90 Å². The van der Waals surface area contributed by atoms with E-state index in [4.69, 9.17) is 5.73 Å². The maximum Gasteiger partial charge on any atom is 0.177 e. The van der Waals surface area contributed by atoms with Crippen LogP contribution in [0.3, 0.4) is 0 Å². The molecule has 1 aromatic carbocycles. The van der Waals surface area contributed by atoms with Gasteiger partial charge in [-0.1, -0.05) is 0 Å². The summed E-state index contributed by atoms with van der Waals surface area (Å²) in [6.45, 7) is 3.55. The second-order valence-electron chi connectivity index (χ2n) is 4.79. The topological polar surface area (TPSA) is 66.6 Å². The summed E-state index contributed by atoms with van der Waals surface area (Å²) < 4.78 is 23.6. The van der Waals surface area contributed by atoms with Crippen LogP contribution in [0.4, 0.5) is 11.4 Å². The van der Waals surface area contributed by atoms with Crippen LogP contribution in [0.1, 0.15) is 0 Å². The van der Waals surface area contributed by atoms with Gasteiger partial charge in [0.15, 0.2) is 9.84 Å². The predicted octanol–water partition coefficient (Wildman–Crippen LogP) is 0.424. The minimum atomic E-state index is -3.25. The number of hydrogen-bond acceptors (Lipinski definition) is 5. The Morgan fingerprint density at radius 2 is 1.78 bits per heavy atom.